The Labute approximate surface area is 94.4 Å². The van der Waals surface area contributed by atoms with Crippen molar-refractivity contribution in [1.29, 1.82) is 0 Å². The van der Waals surface area contributed by atoms with E-state index in [0.717, 1.165) is 24.0 Å². The molecule has 0 saturated heterocycles. The smallest absolute Gasteiger partial charge is 0.306 e. The number of aryl methyl sites for hydroxylation is 1. The van der Waals surface area contributed by atoms with E-state index in [4.69, 9.17) is 4.74 Å². The van der Waals surface area contributed by atoms with Crippen molar-refractivity contribution in [3.8, 4) is 0 Å². The zero-order valence-corrected chi connectivity index (χ0v) is 9.33. The number of fused-ring (bicyclic) bond motifs is 1. The Morgan fingerprint density at radius 3 is 3.12 bits per heavy atom. The van der Waals surface area contributed by atoms with Crippen molar-refractivity contribution in [1.82, 2.24) is 0 Å². The molecule has 16 heavy (non-hydrogen) atoms. The summed E-state index contributed by atoms with van der Waals surface area (Å²) in [7, 11) is 0. The Kier molecular flexibility index (Phi) is 3.22. The average molecular weight is 222 g/mol. The average Bonchev–Trinajstić information content (AvgIpc) is 2.61. The minimum absolute atomic E-state index is 0.162. The van der Waals surface area contributed by atoms with Gasteiger partial charge in [0.2, 0.25) is 0 Å². The summed E-state index contributed by atoms with van der Waals surface area (Å²) < 4.78 is 17.9. The van der Waals surface area contributed by atoms with Crippen LogP contribution in [0.2, 0.25) is 0 Å². The van der Waals surface area contributed by atoms with Gasteiger partial charge in [-0.15, -0.1) is 0 Å². The van der Waals surface area contributed by atoms with Crippen LogP contribution in [0.4, 0.5) is 4.39 Å². The molecule has 2 rings (SSSR count). The van der Waals surface area contributed by atoms with E-state index >= 15 is 0 Å². The summed E-state index contributed by atoms with van der Waals surface area (Å²) in [6, 6.07) is 4.82. The van der Waals surface area contributed by atoms with E-state index in [1.165, 1.54) is 6.07 Å². The van der Waals surface area contributed by atoms with E-state index in [-0.39, 0.29) is 17.7 Å². The zero-order valence-electron chi connectivity index (χ0n) is 9.33. The second-order valence-electron chi connectivity index (χ2n) is 4.09. The lowest BCUT2D eigenvalue weighted by Crippen LogP contribution is -2.08. The van der Waals surface area contributed by atoms with Crippen molar-refractivity contribution in [2.75, 3.05) is 6.61 Å². The van der Waals surface area contributed by atoms with Gasteiger partial charge in [-0.25, -0.2) is 4.39 Å². The molecule has 0 bridgehead atoms. The van der Waals surface area contributed by atoms with Crippen LogP contribution < -0.4 is 0 Å². The summed E-state index contributed by atoms with van der Waals surface area (Å²) in [5.41, 5.74) is 2.14. The maximum atomic E-state index is 13.0. The molecule has 2 nitrogen and oxygen atoms in total. The first kappa shape index (κ1) is 11.1. The lowest BCUT2D eigenvalue weighted by Gasteiger charge is -2.10. The van der Waals surface area contributed by atoms with E-state index in [0.29, 0.717) is 13.0 Å². The minimum atomic E-state index is -0.199. The third kappa shape index (κ3) is 2.23. The maximum Gasteiger partial charge on any atom is 0.306 e. The molecule has 1 atom stereocenters. The number of halogens is 1. The number of carbonyl (C=O) groups is 1. The van der Waals surface area contributed by atoms with Crippen LogP contribution in [0.25, 0.3) is 0 Å². The molecular weight excluding hydrogens is 207 g/mol. The van der Waals surface area contributed by atoms with Gasteiger partial charge in [0.1, 0.15) is 5.82 Å². The van der Waals surface area contributed by atoms with E-state index in [1.54, 1.807) is 19.1 Å². The van der Waals surface area contributed by atoms with Crippen molar-refractivity contribution < 1.29 is 13.9 Å². The number of rotatable bonds is 3. The molecule has 0 amide bonds. The fourth-order valence-corrected chi connectivity index (χ4v) is 2.31. The molecule has 0 fully saturated rings. The zero-order chi connectivity index (χ0) is 11.5. The molecule has 1 aliphatic carbocycles. The first-order chi connectivity index (χ1) is 7.70. The van der Waals surface area contributed by atoms with Gasteiger partial charge in [0.15, 0.2) is 0 Å². The lowest BCUT2D eigenvalue weighted by atomic mass is 9.98. The molecule has 0 saturated carbocycles. The normalized spacial score (nSPS) is 18.2. The first-order valence-corrected chi connectivity index (χ1v) is 5.64. The molecular formula is C13H15FO2. The van der Waals surface area contributed by atoms with Crippen LogP contribution >= 0.6 is 0 Å². The standard InChI is InChI=1S/C13H15FO2/c1-2-16-13(15)8-10-4-3-9-7-11(14)5-6-12(9)10/h5-7,10H,2-4,8H2,1H3. The molecule has 1 aromatic rings. The molecule has 3 heteroatoms. The number of hydrogen-bond acceptors (Lipinski definition) is 2. The van der Waals surface area contributed by atoms with E-state index in [9.17, 15) is 9.18 Å². The molecule has 0 N–H and O–H groups in total. The van der Waals surface area contributed by atoms with Crippen LogP contribution in [-0.2, 0) is 16.0 Å². The summed E-state index contributed by atoms with van der Waals surface area (Å²) in [5.74, 6) is -0.158. The predicted octanol–water partition coefficient (Wildman–Crippen LogP) is 2.81. The first-order valence-electron chi connectivity index (χ1n) is 5.64. The minimum Gasteiger partial charge on any atom is -0.466 e. The molecule has 1 aliphatic rings. The van der Waals surface area contributed by atoms with Crippen LogP contribution in [0.5, 0.6) is 0 Å². The van der Waals surface area contributed by atoms with Crippen molar-refractivity contribution >= 4 is 5.97 Å². The third-order valence-electron chi connectivity index (χ3n) is 3.03. The largest absolute Gasteiger partial charge is 0.466 e. The number of esters is 1. The SMILES string of the molecule is CCOC(=O)CC1CCc2cc(F)ccc21. The lowest BCUT2D eigenvalue weighted by molar-refractivity contribution is -0.143. The van der Waals surface area contributed by atoms with Gasteiger partial charge in [0, 0.05) is 0 Å². The van der Waals surface area contributed by atoms with Gasteiger partial charge >= 0.3 is 5.97 Å². The summed E-state index contributed by atoms with van der Waals surface area (Å²) in [4.78, 5) is 11.4. The van der Waals surface area contributed by atoms with Crippen LogP contribution in [0.15, 0.2) is 18.2 Å². The van der Waals surface area contributed by atoms with Crippen molar-refractivity contribution in [2.45, 2.75) is 32.1 Å². The number of benzene rings is 1. The summed E-state index contributed by atoms with van der Waals surface area (Å²) in [5, 5.41) is 0. The van der Waals surface area contributed by atoms with Gasteiger partial charge in [0.05, 0.1) is 13.0 Å². The quantitative estimate of drug-likeness (QED) is 0.735. The van der Waals surface area contributed by atoms with Crippen LogP contribution in [0.3, 0.4) is 0 Å². The summed E-state index contributed by atoms with van der Waals surface area (Å²) in [6.45, 7) is 2.22. The van der Waals surface area contributed by atoms with Crippen LogP contribution in [0.1, 0.15) is 36.8 Å². The highest BCUT2D eigenvalue weighted by atomic mass is 19.1. The Balaban J connectivity index is 2.09. The van der Waals surface area contributed by atoms with Crippen molar-refractivity contribution in [2.24, 2.45) is 0 Å². The Bertz CT molecular complexity index is 401. The molecule has 0 radical (unpaired) electrons. The van der Waals surface area contributed by atoms with E-state index < -0.39 is 0 Å². The summed E-state index contributed by atoms with van der Waals surface area (Å²) >= 11 is 0. The van der Waals surface area contributed by atoms with Gasteiger partial charge in [-0.3, -0.25) is 4.79 Å². The highest BCUT2D eigenvalue weighted by Gasteiger charge is 2.25. The second-order valence-corrected chi connectivity index (χ2v) is 4.09. The molecule has 0 spiro atoms. The summed E-state index contributed by atoms with van der Waals surface area (Å²) in [6.07, 6.45) is 2.18. The molecule has 86 valence electrons. The molecule has 0 aliphatic heterocycles. The van der Waals surface area contributed by atoms with Gasteiger partial charge in [-0.2, -0.15) is 0 Å². The highest BCUT2D eigenvalue weighted by molar-refractivity contribution is 5.71. The fourth-order valence-electron chi connectivity index (χ4n) is 2.31. The van der Waals surface area contributed by atoms with Crippen LogP contribution in [0, 0.1) is 5.82 Å². The topological polar surface area (TPSA) is 26.3 Å². The number of ether oxygens (including phenoxy) is 1. The van der Waals surface area contributed by atoms with Gasteiger partial charge in [-0.05, 0) is 48.9 Å². The Morgan fingerprint density at radius 2 is 2.38 bits per heavy atom. The molecule has 1 aromatic carbocycles. The maximum absolute atomic E-state index is 13.0. The van der Waals surface area contributed by atoms with Gasteiger partial charge in [0.25, 0.3) is 0 Å². The van der Waals surface area contributed by atoms with E-state index in [2.05, 4.69) is 0 Å². The molecule has 0 aromatic heterocycles. The second kappa shape index (κ2) is 4.64. The fraction of sp³-hybridized carbons (Fsp3) is 0.462. The number of hydrogen-bond donors (Lipinski definition) is 0. The highest BCUT2D eigenvalue weighted by Crippen LogP contribution is 2.35. The Morgan fingerprint density at radius 1 is 1.56 bits per heavy atom. The monoisotopic (exact) mass is 222 g/mol. The van der Waals surface area contributed by atoms with Gasteiger partial charge in [-0.1, -0.05) is 6.07 Å². The van der Waals surface area contributed by atoms with Crippen LogP contribution in [-0.4, -0.2) is 12.6 Å². The van der Waals surface area contributed by atoms with E-state index in [1.807, 2.05) is 0 Å². The van der Waals surface area contributed by atoms with Gasteiger partial charge < -0.3 is 4.74 Å². The predicted molar refractivity (Wildman–Crippen MR) is 58.7 cm³/mol. The third-order valence-corrected chi connectivity index (χ3v) is 3.03. The van der Waals surface area contributed by atoms with Crippen molar-refractivity contribution in [3.63, 3.8) is 0 Å². The Hall–Kier alpha value is -1.38. The number of carbonyl (C=O) groups excluding carboxylic acids is 1. The molecule has 0 heterocycles. The van der Waals surface area contributed by atoms with Crippen molar-refractivity contribution in [3.05, 3.63) is 35.1 Å². The molecule has 1 unspecified atom stereocenters.